The number of halogens is 1. The van der Waals surface area contributed by atoms with Gasteiger partial charge in [-0.3, -0.25) is 4.79 Å². The third kappa shape index (κ3) is 1.99. The lowest BCUT2D eigenvalue weighted by Crippen LogP contribution is -2.32. The number of likely N-dealkylation sites (N-methyl/N-ethyl adjacent to an activating group) is 1. The van der Waals surface area contributed by atoms with Gasteiger partial charge in [0.1, 0.15) is 5.82 Å². The van der Waals surface area contributed by atoms with Crippen LogP contribution in [0.1, 0.15) is 18.4 Å². The first-order valence-corrected chi connectivity index (χ1v) is 6.75. The molecule has 0 spiro atoms. The highest BCUT2D eigenvalue weighted by Crippen LogP contribution is 2.51. The van der Waals surface area contributed by atoms with Gasteiger partial charge < -0.3 is 5.32 Å². The fraction of sp³-hybridized carbons (Fsp3) is 0.235. The fourth-order valence-electron chi connectivity index (χ4n) is 2.79. The van der Waals surface area contributed by atoms with Crippen molar-refractivity contribution in [3.63, 3.8) is 0 Å². The van der Waals surface area contributed by atoms with Gasteiger partial charge in [-0.05, 0) is 41.7 Å². The zero-order valence-electron chi connectivity index (χ0n) is 11.3. The van der Waals surface area contributed by atoms with Crippen LogP contribution in [-0.2, 0) is 10.2 Å². The molecular weight excluding hydrogens is 253 g/mol. The Morgan fingerprint density at radius 2 is 1.90 bits per heavy atom. The number of amides is 1. The average molecular weight is 269 g/mol. The second-order valence-corrected chi connectivity index (χ2v) is 5.22. The topological polar surface area (TPSA) is 29.1 Å². The lowest BCUT2D eigenvalue weighted by molar-refractivity contribution is -0.123. The highest BCUT2D eigenvalue weighted by Gasteiger charge is 2.51. The third-order valence-electron chi connectivity index (χ3n) is 3.99. The molecule has 1 amide bonds. The molecule has 2 aromatic rings. The molecule has 0 aliphatic heterocycles. The summed E-state index contributed by atoms with van der Waals surface area (Å²) >= 11 is 0. The summed E-state index contributed by atoms with van der Waals surface area (Å²) in [6.07, 6.45) is 1.69. The van der Waals surface area contributed by atoms with E-state index in [1.54, 1.807) is 13.1 Å². The van der Waals surface area contributed by atoms with E-state index in [-0.39, 0.29) is 11.7 Å². The Hall–Kier alpha value is -2.16. The molecule has 102 valence electrons. The minimum absolute atomic E-state index is 0.0429. The second kappa shape index (κ2) is 4.75. The molecule has 1 saturated carbocycles. The second-order valence-electron chi connectivity index (χ2n) is 5.22. The smallest absolute Gasteiger partial charge is 0.230 e. The van der Waals surface area contributed by atoms with E-state index in [4.69, 9.17) is 0 Å². The molecule has 3 rings (SSSR count). The average Bonchev–Trinajstić information content (AvgIpc) is 3.28. The Kier molecular flexibility index (Phi) is 3.05. The van der Waals surface area contributed by atoms with Gasteiger partial charge >= 0.3 is 0 Å². The lowest BCUT2D eigenvalue weighted by atomic mass is 9.87. The van der Waals surface area contributed by atoms with Crippen molar-refractivity contribution >= 4 is 5.91 Å². The Morgan fingerprint density at radius 3 is 2.55 bits per heavy atom. The summed E-state index contributed by atoms with van der Waals surface area (Å²) in [6.45, 7) is 0. The highest BCUT2D eigenvalue weighted by molar-refractivity contribution is 5.93. The molecule has 0 aromatic heterocycles. The SMILES string of the molecule is CNC(=O)C1(c2ccccc2-c2cccc(F)c2)CC1. The summed E-state index contributed by atoms with van der Waals surface area (Å²) in [5.74, 6) is -0.219. The van der Waals surface area contributed by atoms with Crippen LogP contribution in [0.2, 0.25) is 0 Å². The van der Waals surface area contributed by atoms with Crippen LogP contribution in [0.15, 0.2) is 48.5 Å². The summed E-state index contributed by atoms with van der Waals surface area (Å²) in [4.78, 5) is 12.2. The molecule has 0 radical (unpaired) electrons. The van der Waals surface area contributed by atoms with Gasteiger partial charge in [0, 0.05) is 7.05 Å². The molecule has 0 heterocycles. The van der Waals surface area contributed by atoms with Gasteiger partial charge in [-0.25, -0.2) is 4.39 Å². The summed E-state index contributed by atoms with van der Waals surface area (Å²) in [6, 6.07) is 14.3. The van der Waals surface area contributed by atoms with E-state index in [0.29, 0.717) is 0 Å². The Labute approximate surface area is 117 Å². The minimum Gasteiger partial charge on any atom is -0.358 e. The molecule has 2 nitrogen and oxygen atoms in total. The Bertz CT molecular complexity index is 662. The Balaban J connectivity index is 2.13. The van der Waals surface area contributed by atoms with E-state index in [2.05, 4.69) is 5.32 Å². The summed E-state index contributed by atoms with van der Waals surface area (Å²) < 4.78 is 13.4. The van der Waals surface area contributed by atoms with Gasteiger partial charge in [0.2, 0.25) is 5.91 Å². The maximum absolute atomic E-state index is 13.4. The number of nitrogens with one attached hydrogen (secondary N) is 1. The molecule has 1 aliphatic rings. The summed E-state index contributed by atoms with van der Waals surface area (Å²) in [7, 11) is 1.66. The van der Waals surface area contributed by atoms with Crippen LogP contribution in [0.4, 0.5) is 4.39 Å². The first kappa shape index (κ1) is 12.9. The molecule has 0 unspecified atom stereocenters. The highest BCUT2D eigenvalue weighted by atomic mass is 19.1. The molecule has 0 bridgehead atoms. The molecule has 0 saturated heterocycles. The minimum atomic E-state index is -0.433. The van der Waals surface area contributed by atoms with Crippen molar-refractivity contribution in [1.29, 1.82) is 0 Å². The van der Waals surface area contributed by atoms with Crippen molar-refractivity contribution in [3.05, 3.63) is 59.9 Å². The number of hydrogen-bond acceptors (Lipinski definition) is 1. The van der Waals surface area contributed by atoms with Crippen molar-refractivity contribution in [1.82, 2.24) is 5.32 Å². The van der Waals surface area contributed by atoms with Crippen LogP contribution < -0.4 is 5.32 Å². The van der Waals surface area contributed by atoms with Crippen molar-refractivity contribution < 1.29 is 9.18 Å². The van der Waals surface area contributed by atoms with Gasteiger partial charge in [-0.1, -0.05) is 36.4 Å². The van der Waals surface area contributed by atoms with Crippen LogP contribution in [0.3, 0.4) is 0 Å². The molecule has 3 heteroatoms. The predicted molar refractivity (Wildman–Crippen MR) is 76.8 cm³/mol. The maximum Gasteiger partial charge on any atom is 0.230 e. The zero-order chi connectivity index (χ0) is 14.2. The first-order valence-electron chi connectivity index (χ1n) is 6.75. The molecule has 20 heavy (non-hydrogen) atoms. The van der Waals surface area contributed by atoms with Gasteiger partial charge in [0.15, 0.2) is 0 Å². The first-order chi connectivity index (χ1) is 9.67. The molecule has 0 atom stereocenters. The van der Waals surface area contributed by atoms with E-state index in [9.17, 15) is 9.18 Å². The van der Waals surface area contributed by atoms with Crippen LogP contribution in [0.25, 0.3) is 11.1 Å². The van der Waals surface area contributed by atoms with Crippen molar-refractivity contribution in [2.45, 2.75) is 18.3 Å². The van der Waals surface area contributed by atoms with Crippen LogP contribution >= 0.6 is 0 Å². The Morgan fingerprint density at radius 1 is 1.15 bits per heavy atom. The van der Waals surface area contributed by atoms with Crippen molar-refractivity contribution in [2.24, 2.45) is 0 Å². The standard InChI is InChI=1S/C17H16FNO/c1-19-16(20)17(9-10-17)15-8-3-2-7-14(15)12-5-4-6-13(18)11-12/h2-8,11H,9-10H2,1H3,(H,19,20). The van der Waals surface area contributed by atoms with E-state index in [0.717, 1.165) is 29.5 Å². The third-order valence-corrected chi connectivity index (χ3v) is 3.99. The predicted octanol–water partition coefficient (Wildman–Crippen LogP) is 3.27. The summed E-state index contributed by atoms with van der Waals surface area (Å²) in [5, 5.41) is 2.74. The molecule has 2 aromatic carbocycles. The van der Waals surface area contributed by atoms with E-state index in [1.807, 2.05) is 30.3 Å². The quantitative estimate of drug-likeness (QED) is 0.910. The zero-order valence-corrected chi connectivity index (χ0v) is 11.3. The number of hydrogen-bond donors (Lipinski definition) is 1. The van der Waals surface area contributed by atoms with E-state index < -0.39 is 5.41 Å². The van der Waals surface area contributed by atoms with Crippen LogP contribution in [0.5, 0.6) is 0 Å². The molecule has 1 fully saturated rings. The fourth-order valence-corrected chi connectivity index (χ4v) is 2.79. The van der Waals surface area contributed by atoms with Crippen molar-refractivity contribution in [3.8, 4) is 11.1 Å². The van der Waals surface area contributed by atoms with Gasteiger partial charge in [0.25, 0.3) is 0 Å². The monoisotopic (exact) mass is 269 g/mol. The number of carbonyl (C=O) groups is 1. The lowest BCUT2D eigenvalue weighted by Gasteiger charge is -2.18. The maximum atomic E-state index is 13.4. The van der Waals surface area contributed by atoms with Crippen LogP contribution in [0, 0.1) is 5.82 Å². The molecule has 1 N–H and O–H groups in total. The summed E-state index contributed by atoms with van der Waals surface area (Å²) in [5.41, 5.74) is 2.31. The van der Waals surface area contributed by atoms with E-state index in [1.165, 1.54) is 12.1 Å². The number of benzene rings is 2. The molecular formula is C17H16FNO. The van der Waals surface area contributed by atoms with Gasteiger partial charge in [-0.15, -0.1) is 0 Å². The molecule has 1 aliphatic carbocycles. The van der Waals surface area contributed by atoms with Gasteiger partial charge in [0.05, 0.1) is 5.41 Å². The van der Waals surface area contributed by atoms with Crippen molar-refractivity contribution in [2.75, 3.05) is 7.05 Å². The van der Waals surface area contributed by atoms with Crippen LogP contribution in [-0.4, -0.2) is 13.0 Å². The van der Waals surface area contributed by atoms with Gasteiger partial charge in [-0.2, -0.15) is 0 Å². The number of rotatable bonds is 3. The normalized spacial score (nSPS) is 15.7. The largest absolute Gasteiger partial charge is 0.358 e. The van der Waals surface area contributed by atoms with E-state index >= 15 is 0 Å². The number of carbonyl (C=O) groups excluding carboxylic acids is 1.